The first-order valence-electron chi connectivity index (χ1n) is 5.25. The van der Waals surface area contributed by atoms with Gasteiger partial charge < -0.3 is 0 Å². The molecule has 88 valence electrons. The van der Waals surface area contributed by atoms with Crippen molar-refractivity contribution in [2.24, 2.45) is 10.2 Å². The SMILES string of the molecule is O=NB(N=O)c1ccc(-c2ccc(Cl)cc2)cc1. The number of halogens is 1. The minimum absolute atomic E-state index is 0.484. The zero-order valence-electron chi connectivity index (χ0n) is 9.29. The van der Waals surface area contributed by atoms with E-state index in [1.165, 1.54) is 0 Å². The maximum atomic E-state index is 10.4. The number of hydrogen-bond donors (Lipinski definition) is 0. The van der Waals surface area contributed by atoms with E-state index in [-0.39, 0.29) is 0 Å². The van der Waals surface area contributed by atoms with Crippen LogP contribution in [0.4, 0.5) is 0 Å². The van der Waals surface area contributed by atoms with Gasteiger partial charge in [-0.05, 0) is 28.7 Å². The standard InChI is InChI=1S/C12H8BClN2O2/c14-12-7-3-10(4-8-12)9-1-5-11(6-2-9)13(15-17)16-18/h1-8H. The number of benzene rings is 2. The van der Waals surface area contributed by atoms with Crippen molar-refractivity contribution >= 4 is 24.0 Å². The first kappa shape index (κ1) is 12.5. The predicted molar refractivity (Wildman–Crippen MR) is 73.9 cm³/mol. The molecular formula is C12H8BClN2O2. The smallest absolute Gasteiger partial charge is 0.164 e. The second-order valence-electron chi connectivity index (χ2n) is 3.71. The average molecular weight is 258 g/mol. The maximum Gasteiger partial charge on any atom is 0.548 e. The molecule has 2 rings (SSSR count). The van der Waals surface area contributed by atoms with Crippen LogP contribution in [0.25, 0.3) is 11.1 Å². The summed E-state index contributed by atoms with van der Waals surface area (Å²) in [6.07, 6.45) is 0. The van der Waals surface area contributed by atoms with Crippen molar-refractivity contribution in [3.8, 4) is 11.1 Å². The summed E-state index contributed by atoms with van der Waals surface area (Å²) in [5.74, 6) is 0. The molecule has 4 nitrogen and oxygen atoms in total. The minimum atomic E-state index is -1.18. The highest BCUT2D eigenvalue weighted by Crippen LogP contribution is 2.20. The van der Waals surface area contributed by atoms with Gasteiger partial charge in [-0.25, -0.2) is 0 Å². The van der Waals surface area contributed by atoms with Gasteiger partial charge in [0.05, 0.1) is 0 Å². The third kappa shape index (κ3) is 2.63. The van der Waals surface area contributed by atoms with Gasteiger partial charge in [0.2, 0.25) is 0 Å². The third-order valence-corrected chi connectivity index (χ3v) is 2.84. The molecule has 6 heteroatoms. The molecule has 0 saturated heterocycles. The molecule has 2 aromatic rings. The van der Waals surface area contributed by atoms with E-state index in [1.54, 1.807) is 24.3 Å². The molecule has 0 aliphatic heterocycles. The zero-order valence-corrected chi connectivity index (χ0v) is 10.0. The molecule has 0 radical (unpaired) electrons. The quantitative estimate of drug-likeness (QED) is 0.624. The Bertz CT molecular complexity index is 549. The summed E-state index contributed by atoms with van der Waals surface area (Å²) in [7, 11) is 0. The van der Waals surface area contributed by atoms with Gasteiger partial charge in [-0.15, -0.1) is 0 Å². The summed E-state index contributed by atoms with van der Waals surface area (Å²) in [6.45, 7) is -1.18. The van der Waals surface area contributed by atoms with Crippen molar-refractivity contribution in [1.29, 1.82) is 0 Å². The van der Waals surface area contributed by atoms with Gasteiger partial charge >= 0.3 is 6.98 Å². The van der Waals surface area contributed by atoms with Crippen LogP contribution in [-0.4, -0.2) is 6.98 Å². The molecule has 0 amide bonds. The van der Waals surface area contributed by atoms with E-state index in [9.17, 15) is 9.81 Å². The fraction of sp³-hybridized carbons (Fsp3) is 0. The van der Waals surface area contributed by atoms with Crippen LogP contribution < -0.4 is 5.46 Å². The summed E-state index contributed by atoms with van der Waals surface area (Å²) in [4.78, 5) is 20.7. The number of nitroso groups, excluding NO2 is 2. The fourth-order valence-corrected chi connectivity index (χ4v) is 1.76. The van der Waals surface area contributed by atoms with E-state index in [0.717, 1.165) is 11.1 Å². The summed E-state index contributed by atoms with van der Waals surface area (Å²) in [6, 6.07) is 14.3. The highest BCUT2D eigenvalue weighted by molar-refractivity contribution is 6.69. The Labute approximate surface area is 109 Å². The molecule has 2 aromatic carbocycles. The molecule has 0 atom stereocenters. The minimum Gasteiger partial charge on any atom is -0.164 e. The van der Waals surface area contributed by atoms with Gasteiger partial charge in [0.1, 0.15) is 0 Å². The van der Waals surface area contributed by atoms with E-state index in [1.807, 2.05) is 24.3 Å². The van der Waals surface area contributed by atoms with Crippen LogP contribution in [0, 0.1) is 9.81 Å². The lowest BCUT2D eigenvalue weighted by Crippen LogP contribution is -2.24. The monoisotopic (exact) mass is 258 g/mol. The lowest BCUT2D eigenvalue weighted by Gasteiger charge is -2.03. The van der Waals surface area contributed by atoms with Crippen molar-refractivity contribution < 1.29 is 0 Å². The van der Waals surface area contributed by atoms with Gasteiger partial charge in [-0.1, -0.05) is 58.2 Å². The molecular weight excluding hydrogens is 250 g/mol. The van der Waals surface area contributed by atoms with Crippen LogP contribution in [0.3, 0.4) is 0 Å². The van der Waals surface area contributed by atoms with Crippen molar-refractivity contribution in [3.63, 3.8) is 0 Å². The molecule has 0 N–H and O–H groups in total. The fourth-order valence-electron chi connectivity index (χ4n) is 1.63. The van der Waals surface area contributed by atoms with E-state index in [2.05, 4.69) is 10.2 Å². The lowest BCUT2D eigenvalue weighted by atomic mass is 9.71. The molecule has 0 saturated carbocycles. The van der Waals surface area contributed by atoms with Crippen LogP contribution >= 0.6 is 11.6 Å². The summed E-state index contributed by atoms with van der Waals surface area (Å²) < 4.78 is 0. The molecule has 0 aliphatic rings. The number of rotatable bonds is 4. The van der Waals surface area contributed by atoms with E-state index in [4.69, 9.17) is 11.6 Å². The number of hydrogen-bond acceptors (Lipinski definition) is 4. The highest BCUT2D eigenvalue weighted by atomic mass is 35.5. The topological polar surface area (TPSA) is 58.9 Å². The Balaban J connectivity index is 2.29. The van der Waals surface area contributed by atoms with Crippen LogP contribution in [0.15, 0.2) is 58.7 Å². The predicted octanol–water partition coefficient (Wildman–Crippen LogP) is 3.24. The molecule has 0 spiro atoms. The first-order valence-corrected chi connectivity index (χ1v) is 5.63. The Kier molecular flexibility index (Phi) is 3.84. The molecule has 0 fully saturated rings. The Hall–Kier alpha value is -2.01. The first-order chi connectivity index (χ1) is 8.74. The molecule has 0 aromatic heterocycles. The van der Waals surface area contributed by atoms with Crippen LogP contribution in [0.5, 0.6) is 0 Å². The molecule has 18 heavy (non-hydrogen) atoms. The Morgan fingerprint density at radius 2 is 1.22 bits per heavy atom. The zero-order chi connectivity index (χ0) is 13.0. The van der Waals surface area contributed by atoms with Crippen LogP contribution in [0.2, 0.25) is 5.02 Å². The van der Waals surface area contributed by atoms with Gasteiger partial charge in [-0.3, -0.25) is 0 Å². The van der Waals surface area contributed by atoms with Crippen LogP contribution in [-0.2, 0) is 0 Å². The van der Waals surface area contributed by atoms with Crippen LogP contribution in [0.1, 0.15) is 0 Å². The second-order valence-corrected chi connectivity index (χ2v) is 4.15. The van der Waals surface area contributed by atoms with Gasteiger partial charge in [0.25, 0.3) is 0 Å². The van der Waals surface area contributed by atoms with E-state index in [0.29, 0.717) is 10.5 Å². The summed E-state index contributed by atoms with van der Waals surface area (Å²) in [5.41, 5.74) is 2.45. The second kappa shape index (κ2) is 5.55. The van der Waals surface area contributed by atoms with Gasteiger partial charge in [0.15, 0.2) is 0 Å². The van der Waals surface area contributed by atoms with Crippen molar-refractivity contribution in [2.75, 3.05) is 0 Å². The molecule has 0 aliphatic carbocycles. The third-order valence-electron chi connectivity index (χ3n) is 2.59. The normalized spacial score (nSPS) is 9.83. The van der Waals surface area contributed by atoms with Gasteiger partial charge in [0, 0.05) is 5.02 Å². The van der Waals surface area contributed by atoms with Crippen molar-refractivity contribution in [2.45, 2.75) is 0 Å². The van der Waals surface area contributed by atoms with Crippen molar-refractivity contribution in [3.05, 3.63) is 63.4 Å². The van der Waals surface area contributed by atoms with E-state index >= 15 is 0 Å². The molecule has 0 bridgehead atoms. The van der Waals surface area contributed by atoms with E-state index < -0.39 is 6.98 Å². The molecule has 0 heterocycles. The van der Waals surface area contributed by atoms with Gasteiger partial charge in [-0.2, -0.15) is 9.81 Å². The molecule has 0 unspecified atom stereocenters. The Morgan fingerprint density at radius 3 is 1.67 bits per heavy atom. The maximum absolute atomic E-state index is 10.4. The summed E-state index contributed by atoms with van der Waals surface area (Å²) >= 11 is 5.81. The average Bonchev–Trinajstić information content (AvgIpc) is 2.42. The lowest BCUT2D eigenvalue weighted by molar-refractivity contribution is 1.56. The summed E-state index contributed by atoms with van der Waals surface area (Å²) in [5, 5.41) is 5.96. The van der Waals surface area contributed by atoms with Crippen molar-refractivity contribution in [1.82, 2.24) is 0 Å². The largest absolute Gasteiger partial charge is 0.548 e. The highest BCUT2D eigenvalue weighted by Gasteiger charge is 2.20. The Morgan fingerprint density at radius 1 is 0.778 bits per heavy atom. The number of nitrogens with zero attached hydrogens (tertiary/aromatic N) is 2.